The number of anilines is 1. The maximum atomic E-state index is 14.4. The third kappa shape index (κ3) is 4.32. The average Bonchev–Trinajstić information content (AvgIpc) is 2.84. The van der Waals surface area contributed by atoms with Crippen molar-refractivity contribution >= 4 is 23.2 Å². The highest BCUT2D eigenvalue weighted by atomic mass is 16.4. The maximum absolute atomic E-state index is 14.4. The summed E-state index contributed by atoms with van der Waals surface area (Å²) in [5.74, 6) is -7.26. The fourth-order valence-corrected chi connectivity index (χ4v) is 8.65. The molecule has 5 unspecified atom stereocenters. The largest absolute Gasteiger partial charge is 0.505 e. The summed E-state index contributed by atoms with van der Waals surface area (Å²) in [7, 11) is 0. The van der Waals surface area contributed by atoms with E-state index in [0.717, 1.165) is 5.56 Å². The van der Waals surface area contributed by atoms with Crippen molar-refractivity contribution in [2.45, 2.75) is 97.6 Å². The number of carbonyl (C=O) groups excluding carboxylic acids is 3. The number of hydrogen-bond acceptors (Lipinski definition) is 9. The van der Waals surface area contributed by atoms with Gasteiger partial charge in [-0.1, -0.05) is 48.5 Å². The Bertz CT molecular complexity index is 1260. The lowest BCUT2D eigenvalue weighted by atomic mass is 9.39. The van der Waals surface area contributed by atoms with Crippen LogP contribution in [-0.2, 0) is 16.0 Å². The Balaban J connectivity index is 1.94. The van der Waals surface area contributed by atoms with Gasteiger partial charge in [0, 0.05) is 12.0 Å². The molecule has 10 heteroatoms. The van der Waals surface area contributed by atoms with E-state index in [2.05, 4.69) is 5.32 Å². The van der Waals surface area contributed by atoms with Crippen LogP contribution in [0.2, 0.25) is 0 Å². The quantitative estimate of drug-likeness (QED) is 0.188. The third-order valence-electron chi connectivity index (χ3n) is 10.4. The Labute approximate surface area is 241 Å². The minimum Gasteiger partial charge on any atom is -0.505 e. The van der Waals surface area contributed by atoms with Crippen LogP contribution in [0.25, 0.3) is 0 Å². The molecule has 3 aliphatic carbocycles. The molecule has 2 fully saturated rings. The number of hydrogen-bond donors (Lipinski definition) is 7. The Kier molecular flexibility index (Phi) is 7.91. The van der Waals surface area contributed by atoms with E-state index >= 15 is 0 Å². The molecule has 1 aromatic rings. The van der Waals surface area contributed by atoms with Crippen LogP contribution in [0.1, 0.15) is 88.7 Å². The highest BCUT2D eigenvalue weighted by Gasteiger charge is 2.76. The highest BCUT2D eigenvalue weighted by molar-refractivity contribution is 6.09. The normalized spacial score (nSPS) is 37.4. The van der Waals surface area contributed by atoms with E-state index in [0.29, 0.717) is 12.0 Å². The number of benzene rings is 1. The molecule has 0 spiro atoms. The lowest BCUT2D eigenvalue weighted by Crippen LogP contribution is -2.79. The highest BCUT2D eigenvalue weighted by Crippen LogP contribution is 2.66. The summed E-state index contributed by atoms with van der Waals surface area (Å²) in [6, 6.07) is 1.79. The van der Waals surface area contributed by atoms with Crippen molar-refractivity contribution in [3.8, 4) is 5.75 Å². The summed E-state index contributed by atoms with van der Waals surface area (Å²) in [6.07, 6.45) is -3.19. The zero-order valence-corrected chi connectivity index (χ0v) is 25.1. The second-order valence-electron chi connectivity index (χ2n) is 13.8. The first-order valence-electron chi connectivity index (χ1n) is 14.7. The van der Waals surface area contributed by atoms with E-state index < -0.39 is 70.0 Å². The predicted octanol–water partition coefficient (Wildman–Crippen LogP) is 1.88. The number of aliphatic hydroxyl groups excluding tert-OH is 3. The maximum Gasteiger partial charge on any atom is 0.230 e. The van der Waals surface area contributed by atoms with Gasteiger partial charge in [0.1, 0.15) is 17.8 Å². The first-order valence-corrected chi connectivity index (χ1v) is 14.7. The van der Waals surface area contributed by atoms with E-state index in [-0.39, 0.29) is 48.2 Å². The summed E-state index contributed by atoms with van der Waals surface area (Å²) in [4.78, 5) is 40.6. The molecule has 228 valence electrons. The van der Waals surface area contributed by atoms with Gasteiger partial charge in [-0.2, -0.15) is 0 Å². The van der Waals surface area contributed by atoms with Crippen LogP contribution < -0.4 is 11.1 Å². The second kappa shape index (κ2) is 10.3. The molecular formula is C31H46N2O8. The summed E-state index contributed by atoms with van der Waals surface area (Å²) in [5.41, 5.74) is 2.39. The second-order valence-corrected chi connectivity index (χ2v) is 13.8. The van der Waals surface area contributed by atoms with Crippen LogP contribution in [-0.4, -0.2) is 73.5 Å². The molecule has 2 saturated carbocycles. The van der Waals surface area contributed by atoms with Crippen molar-refractivity contribution in [3.05, 3.63) is 22.8 Å². The number of aliphatic hydroxyl groups is 4. The van der Waals surface area contributed by atoms with E-state index in [1.165, 1.54) is 0 Å². The molecule has 0 aromatic heterocycles. The summed E-state index contributed by atoms with van der Waals surface area (Å²) in [6.45, 7) is 13.0. The molecule has 4 rings (SSSR count). The molecule has 8 N–H and O–H groups in total. The lowest BCUT2D eigenvalue weighted by Gasteiger charge is -2.66. The van der Waals surface area contributed by atoms with Crippen LogP contribution >= 0.6 is 0 Å². The van der Waals surface area contributed by atoms with Gasteiger partial charge in [-0.3, -0.25) is 14.4 Å². The molecule has 10 nitrogen and oxygen atoms in total. The van der Waals surface area contributed by atoms with Gasteiger partial charge in [0.2, 0.25) is 5.91 Å². The monoisotopic (exact) mass is 574 g/mol. The minimum atomic E-state index is -2.55. The van der Waals surface area contributed by atoms with Gasteiger partial charge in [0.15, 0.2) is 17.2 Å². The molecule has 0 radical (unpaired) electrons. The van der Waals surface area contributed by atoms with E-state index in [4.69, 9.17) is 5.73 Å². The zero-order valence-electron chi connectivity index (χ0n) is 25.1. The number of phenolic OH excluding ortho intramolecular Hbond substituents is 1. The Morgan fingerprint density at radius 1 is 1.17 bits per heavy atom. The van der Waals surface area contributed by atoms with Gasteiger partial charge in [0.05, 0.1) is 29.4 Å². The number of nitrogens with two attached hydrogens (primary N) is 1. The van der Waals surface area contributed by atoms with Crippen molar-refractivity contribution in [3.63, 3.8) is 0 Å². The number of rotatable bonds is 7. The lowest BCUT2D eigenvalue weighted by molar-refractivity contribution is -0.265. The number of phenols is 1. The van der Waals surface area contributed by atoms with Crippen LogP contribution in [0.5, 0.6) is 5.75 Å². The first-order chi connectivity index (χ1) is 18.9. The number of Topliss-reactive ketones (excluding diaryl/α,β-unsaturated/α-hetero) is 2. The number of nitrogens with one attached hydrogen (secondary N) is 1. The standard InChI is InChI=1S/C31H46N2O8/c1-8-15(34)11-33-18-9-16(13(2)3)17-10-29(6)12-30(7)21(14(4)5)25(37)20(28(32)40)26(38)31(30,41)27(39)22(29)24(36)19(17)23(18)35/h9,13-15,20-22,25,27,33-35,37,39,41H,8,10-12H2,1-7H3,(H2,32,40)/t15?,20?,21-,22?,25?,27?,29+,30+,31-/m0/s1. The molecule has 0 heterocycles. The van der Waals surface area contributed by atoms with E-state index in [1.54, 1.807) is 13.0 Å². The van der Waals surface area contributed by atoms with Crippen molar-refractivity contribution in [1.82, 2.24) is 0 Å². The Morgan fingerprint density at radius 3 is 2.29 bits per heavy atom. The number of ketones is 2. The molecule has 0 aliphatic heterocycles. The van der Waals surface area contributed by atoms with Crippen LogP contribution in [0.4, 0.5) is 5.69 Å². The van der Waals surface area contributed by atoms with E-state index in [1.807, 2.05) is 41.5 Å². The molecule has 0 saturated heterocycles. The van der Waals surface area contributed by atoms with Gasteiger partial charge >= 0.3 is 0 Å². The van der Waals surface area contributed by atoms with E-state index in [9.17, 15) is 39.9 Å². The van der Waals surface area contributed by atoms with Crippen molar-refractivity contribution < 1.29 is 39.9 Å². The summed E-state index contributed by atoms with van der Waals surface area (Å²) in [5, 5.41) is 59.9. The number of fused-ring (bicyclic) bond motifs is 3. The van der Waals surface area contributed by atoms with Crippen molar-refractivity contribution in [2.24, 2.45) is 40.2 Å². The number of aromatic hydroxyl groups is 1. The van der Waals surface area contributed by atoms with Crippen LogP contribution in [0, 0.1) is 34.5 Å². The first kappa shape index (κ1) is 31.4. The smallest absolute Gasteiger partial charge is 0.230 e. The molecular weight excluding hydrogens is 528 g/mol. The topological polar surface area (TPSA) is 190 Å². The fraction of sp³-hybridized carbons (Fsp3) is 0.710. The van der Waals surface area contributed by atoms with Gasteiger partial charge in [-0.05, 0) is 59.6 Å². The predicted molar refractivity (Wildman–Crippen MR) is 152 cm³/mol. The number of carbonyl (C=O) groups is 3. The SMILES string of the molecule is CCC(O)CNc1cc(C(C)C)c2c(c1O)C(=O)C1C(O)[C@@]3(O)C(=O)C(C(N)=O)C(O)[C@H](C(C)C)[C@@]3(C)C[C@@]1(C)C2. The van der Waals surface area contributed by atoms with Gasteiger partial charge < -0.3 is 36.6 Å². The zero-order chi connectivity index (χ0) is 31.0. The third-order valence-corrected chi connectivity index (χ3v) is 10.4. The molecule has 41 heavy (non-hydrogen) atoms. The molecule has 0 bridgehead atoms. The molecule has 3 aliphatic rings. The minimum absolute atomic E-state index is 0.0218. The average molecular weight is 575 g/mol. The van der Waals surface area contributed by atoms with Crippen LogP contribution in [0.15, 0.2) is 6.07 Å². The summed E-state index contributed by atoms with van der Waals surface area (Å²) < 4.78 is 0. The fourth-order valence-electron chi connectivity index (χ4n) is 8.65. The molecule has 1 aromatic carbocycles. The Morgan fingerprint density at radius 2 is 1.78 bits per heavy atom. The Hall–Kier alpha value is -2.53. The van der Waals surface area contributed by atoms with Crippen molar-refractivity contribution in [2.75, 3.05) is 11.9 Å². The number of primary amides is 1. The molecule has 9 atom stereocenters. The summed E-state index contributed by atoms with van der Waals surface area (Å²) >= 11 is 0. The van der Waals surface area contributed by atoms with Crippen molar-refractivity contribution in [1.29, 1.82) is 0 Å². The number of amides is 1. The molecule has 1 amide bonds. The van der Waals surface area contributed by atoms with Gasteiger partial charge in [-0.15, -0.1) is 0 Å². The van der Waals surface area contributed by atoms with Crippen LogP contribution in [0.3, 0.4) is 0 Å². The van der Waals surface area contributed by atoms with Gasteiger partial charge in [0.25, 0.3) is 0 Å². The van der Waals surface area contributed by atoms with Gasteiger partial charge in [-0.25, -0.2) is 0 Å².